The van der Waals surface area contributed by atoms with Gasteiger partial charge in [-0.2, -0.15) is 0 Å². The molecule has 3 fully saturated rings. The first-order chi connectivity index (χ1) is 15.5. The van der Waals surface area contributed by atoms with Gasteiger partial charge in [-0.25, -0.2) is 0 Å². The van der Waals surface area contributed by atoms with Crippen LogP contribution >= 0.6 is 0 Å². The standard InChI is InChI=1S/C25H40N2O6/c1-8-13-26(24(5,6)7)22(30)20-25-12-11-17(33-25)18(23(31)32-10-3)19(25)21(29)27(20)16(14-28)15(4)9-2/h8,15-20,28H,1,9-14H2,2-7H3/t15-,16-,17+,18-,19-,20+,25-/m0/s1. The van der Waals surface area contributed by atoms with E-state index in [0.29, 0.717) is 19.4 Å². The first-order valence-corrected chi connectivity index (χ1v) is 12.2. The van der Waals surface area contributed by atoms with Crippen molar-refractivity contribution in [1.29, 1.82) is 0 Å². The van der Waals surface area contributed by atoms with E-state index < -0.39 is 47.1 Å². The number of aliphatic hydroxyl groups is 1. The van der Waals surface area contributed by atoms with E-state index in [0.717, 1.165) is 6.42 Å². The zero-order valence-electron chi connectivity index (χ0n) is 20.9. The fourth-order valence-corrected chi connectivity index (χ4v) is 6.02. The molecule has 3 rings (SSSR count). The van der Waals surface area contributed by atoms with Crippen molar-refractivity contribution in [3.05, 3.63) is 12.7 Å². The van der Waals surface area contributed by atoms with Crippen LogP contribution in [0.1, 0.15) is 60.8 Å². The molecule has 1 N–H and O–H groups in total. The first kappa shape index (κ1) is 25.7. The van der Waals surface area contributed by atoms with Gasteiger partial charge in [0.05, 0.1) is 37.2 Å². The van der Waals surface area contributed by atoms with Gasteiger partial charge in [0.15, 0.2) is 0 Å². The average molecular weight is 465 g/mol. The van der Waals surface area contributed by atoms with Crippen LogP contribution in [0.5, 0.6) is 0 Å². The Hall–Kier alpha value is -1.93. The molecule has 2 amide bonds. The number of aliphatic hydroxyl groups excluding tert-OH is 1. The maximum absolute atomic E-state index is 14.2. The van der Waals surface area contributed by atoms with E-state index in [1.165, 1.54) is 0 Å². The Bertz CT molecular complexity index is 792. The van der Waals surface area contributed by atoms with Gasteiger partial charge in [0, 0.05) is 12.1 Å². The molecule has 3 aliphatic heterocycles. The minimum atomic E-state index is -1.10. The smallest absolute Gasteiger partial charge is 0.312 e. The van der Waals surface area contributed by atoms with Crippen molar-refractivity contribution in [3.63, 3.8) is 0 Å². The summed E-state index contributed by atoms with van der Waals surface area (Å²) in [7, 11) is 0. The molecule has 0 aromatic rings. The number of nitrogens with zero attached hydrogens (tertiary/aromatic N) is 2. The third kappa shape index (κ3) is 3.99. The van der Waals surface area contributed by atoms with Crippen molar-refractivity contribution in [2.24, 2.45) is 17.8 Å². The maximum Gasteiger partial charge on any atom is 0.312 e. The molecule has 186 valence electrons. The molecule has 7 atom stereocenters. The summed E-state index contributed by atoms with van der Waals surface area (Å²) in [6.45, 7) is 15.6. The van der Waals surface area contributed by atoms with Crippen LogP contribution in [0.3, 0.4) is 0 Å². The lowest BCUT2D eigenvalue weighted by atomic mass is 9.70. The third-order valence-electron chi connectivity index (χ3n) is 7.76. The van der Waals surface area contributed by atoms with Crippen LogP contribution in [0.15, 0.2) is 12.7 Å². The zero-order valence-corrected chi connectivity index (χ0v) is 20.9. The van der Waals surface area contributed by atoms with Gasteiger partial charge in [-0.1, -0.05) is 26.3 Å². The summed E-state index contributed by atoms with van der Waals surface area (Å²) in [6.07, 6.45) is 3.07. The number of carbonyl (C=O) groups is 3. The van der Waals surface area contributed by atoms with Crippen molar-refractivity contribution in [2.75, 3.05) is 19.8 Å². The molecular formula is C25H40N2O6. The summed E-state index contributed by atoms with van der Waals surface area (Å²) in [5.41, 5.74) is -1.61. The molecule has 8 nitrogen and oxygen atoms in total. The number of ether oxygens (including phenoxy) is 2. The van der Waals surface area contributed by atoms with Crippen LogP contribution in [0, 0.1) is 17.8 Å². The predicted octanol–water partition coefficient (Wildman–Crippen LogP) is 2.14. The second kappa shape index (κ2) is 9.37. The second-order valence-electron chi connectivity index (χ2n) is 10.6. The largest absolute Gasteiger partial charge is 0.466 e. The fourth-order valence-electron chi connectivity index (χ4n) is 6.02. The number of likely N-dealkylation sites (tertiary alicyclic amines) is 1. The maximum atomic E-state index is 14.2. The molecule has 33 heavy (non-hydrogen) atoms. The molecule has 1 spiro atoms. The first-order valence-electron chi connectivity index (χ1n) is 12.2. The summed E-state index contributed by atoms with van der Waals surface area (Å²) in [5.74, 6) is -2.52. The Morgan fingerprint density at radius 2 is 2.06 bits per heavy atom. The zero-order chi connectivity index (χ0) is 24.7. The highest BCUT2D eigenvalue weighted by Gasteiger charge is 2.76. The van der Waals surface area contributed by atoms with E-state index in [4.69, 9.17) is 9.47 Å². The van der Waals surface area contributed by atoms with E-state index >= 15 is 0 Å². The molecule has 0 unspecified atom stereocenters. The molecule has 2 bridgehead atoms. The van der Waals surface area contributed by atoms with Gasteiger partial charge in [-0.05, 0) is 46.5 Å². The van der Waals surface area contributed by atoms with Crippen molar-refractivity contribution < 1.29 is 29.0 Å². The lowest BCUT2D eigenvalue weighted by molar-refractivity contribution is -0.158. The van der Waals surface area contributed by atoms with Crippen LogP contribution in [0.4, 0.5) is 0 Å². The molecule has 0 aromatic heterocycles. The highest BCUT2D eigenvalue weighted by atomic mass is 16.6. The molecule has 0 aromatic carbocycles. The molecule has 8 heteroatoms. The van der Waals surface area contributed by atoms with E-state index in [9.17, 15) is 19.5 Å². The number of fused-ring (bicyclic) bond motifs is 1. The van der Waals surface area contributed by atoms with Crippen LogP contribution in [0.25, 0.3) is 0 Å². The summed E-state index contributed by atoms with van der Waals surface area (Å²) in [6, 6.07) is -1.46. The highest BCUT2D eigenvalue weighted by molar-refractivity contribution is 5.98. The Labute approximate surface area is 197 Å². The van der Waals surface area contributed by atoms with Gasteiger partial charge in [0.25, 0.3) is 0 Å². The van der Waals surface area contributed by atoms with Crippen LogP contribution in [0.2, 0.25) is 0 Å². The van der Waals surface area contributed by atoms with E-state index in [2.05, 4.69) is 6.58 Å². The van der Waals surface area contributed by atoms with Gasteiger partial charge >= 0.3 is 5.97 Å². The number of esters is 1. The number of hydrogen-bond acceptors (Lipinski definition) is 6. The van der Waals surface area contributed by atoms with Gasteiger partial charge in [0.1, 0.15) is 11.6 Å². The van der Waals surface area contributed by atoms with E-state index in [1.54, 1.807) is 22.8 Å². The van der Waals surface area contributed by atoms with Crippen molar-refractivity contribution >= 4 is 17.8 Å². The Balaban J connectivity index is 2.14. The van der Waals surface area contributed by atoms with Crippen molar-refractivity contribution in [2.45, 2.75) is 90.1 Å². The molecule has 0 saturated carbocycles. The minimum absolute atomic E-state index is 0.0368. The van der Waals surface area contributed by atoms with Crippen LogP contribution in [-0.4, -0.2) is 81.8 Å². The monoisotopic (exact) mass is 464 g/mol. The van der Waals surface area contributed by atoms with E-state index in [-0.39, 0.29) is 30.9 Å². The average Bonchev–Trinajstić information content (AvgIpc) is 3.39. The normalized spacial score (nSPS) is 32.5. The Morgan fingerprint density at radius 1 is 1.39 bits per heavy atom. The second-order valence-corrected chi connectivity index (χ2v) is 10.6. The van der Waals surface area contributed by atoms with Crippen molar-refractivity contribution in [3.8, 4) is 0 Å². The van der Waals surface area contributed by atoms with Crippen LogP contribution in [-0.2, 0) is 23.9 Å². The summed E-state index contributed by atoms with van der Waals surface area (Å²) in [5, 5.41) is 10.3. The molecular weight excluding hydrogens is 424 g/mol. The highest BCUT2D eigenvalue weighted by Crippen LogP contribution is 2.59. The number of amides is 2. The third-order valence-corrected chi connectivity index (χ3v) is 7.76. The lowest BCUT2D eigenvalue weighted by Crippen LogP contribution is -2.62. The molecule has 3 aliphatic rings. The Morgan fingerprint density at radius 3 is 2.58 bits per heavy atom. The van der Waals surface area contributed by atoms with Gasteiger partial charge in [-0.15, -0.1) is 6.58 Å². The topological polar surface area (TPSA) is 96.4 Å². The summed E-state index contributed by atoms with van der Waals surface area (Å²) in [4.78, 5) is 44.4. The molecule has 3 saturated heterocycles. The van der Waals surface area contributed by atoms with Gasteiger partial charge < -0.3 is 24.4 Å². The molecule has 3 heterocycles. The minimum Gasteiger partial charge on any atom is -0.466 e. The van der Waals surface area contributed by atoms with Crippen molar-refractivity contribution in [1.82, 2.24) is 9.80 Å². The fraction of sp³-hybridized carbons (Fsp3) is 0.800. The molecule has 0 radical (unpaired) electrons. The Kier molecular flexibility index (Phi) is 7.30. The number of carbonyl (C=O) groups excluding carboxylic acids is 3. The quantitative estimate of drug-likeness (QED) is 0.415. The number of rotatable bonds is 9. The summed E-state index contributed by atoms with van der Waals surface area (Å²) >= 11 is 0. The van der Waals surface area contributed by atoms with Gasteiger partial charge in [0.2, 0.25) is 11.8 Å². The molecule has 0 aliphatic carbocycles. The predicted molar refractivity (Wildman–Crippen MR) is 123 cm³/mol. The van der Waals surface area contributed by atoms with Gasteiger partial charge in [-0.3, -0.25) is 14.4 Å². The lowest BCUT2D eigenvalue weighted by Gasteiger charge is -2.44. The van der Waals surface area contributed by atoms with Crippen LogP contribution < -0.4 is 0 Å². The SMILES string of the molecule is C=CCN(C(=O)[C@H]1N([C@@H](CO)[C@@H](C)CC)C(=O)[C@@H]2[C@@H](C(=O)OCC)[C@H]3CC[C@]21O3)C(C)(C)C. The number of hydrogen-bond donors (Lipinski definition) is 1. The van der Waals surface area contributed by atoms with E-state index in [1.807, 2.05) is 34.6 Å². The summed E-state index contributed by atoms with van der Waals surface area (Å²) < 4.78 is 11.7.